The molecular weight excluding hydrogens is 254 g/mol. The number of halogens is 1. The van der Waals surface area contributed by atoms with E-state index in [4.69, 9.17) is 0 Å². The van der Waals surface area contributed by atoms with Gasteiger partial charge < -0.3 is 16.0 Å². The molecule has 5 nitrogen and oxygen atoms in total. The zero-order valence-corrected chi connectivity index (χ0v) is 11.4. The first-order chi connectivity index (χ1) is 8.25. The average molecular weight is 276 g/mol. The van der Waals surface area contributed by atoms with Gasteiger partial charge in [-0.3, -0.25) is 9.59 Å². The van der Waals surface area contributed by atoms with Gasteiger partial charge in [0.15, 0.2) is 0 Å². The molecule has 2 heterocycles. The van der Waals surface area contributed by atoms with E-state index in [9.17, 15) is 9.59 Å². The summed E-state index contributed by atoms with van der Waals surface area (Å²) in [5.74, 6) is -0.0401. The third kappa shape index (κ3) is 4.46. The molecule has 0 aromatic rings. The third-order valence-corrected chi connectivity index (χ3v) is 3.46. The molecule has 104 valence electrons. The first kappa shape index (κ1) is 15.2. The number of carbonyl (C=O) groups excluding carboxylic acids is 2. The normalized spacial score (nSPS) is 27.9. The number of carbonyl (C=O) groups is 2. The van der Waals surface area contributed by atoms with Crippen LogP contribution in [0.5, 0.6) is 0 Å². The van der Waals surface area contributed by atoms with E-state index in [1.54, 1.807) is 0 Å². The fourth-order valence-electron chi connectivity index (χ4n) is 2.49. The Morgan fingerprint density at radius 1 is 1.22 bits per heavy atom. The second-order valence-corrected chi connectivity index (χ2v) is 4.90. The van der Waals surface area contributed by atoms with E-state index in [1.165, 1.54) is 0 Å². The minimum atomic E-state index is -0.327. The van der Waals surface area contributed by atoms with Gasteiger partial charge in [-0.1, -0.05) is 0 Å². The number of hydrogen-bond acceptors (Lipinski definition) is 3. The second-order valence-electron chi connectivity index (χ2n) is 4.90. The molecule has 0 aromatic carbocycles. The van der Waals surface area contributed by atoms with Crippen molar-refractivity contribution in [3.8, 4) is 0 Å². The highest BCUT2D eigenvalue weighted by atomic mass is 35.5. The van der Waals surface area contributed by atoms with Crippen LogP contribution in [0.1, 0.15) is 38.5 Å². The van der Waals surface area contributed by atoms with E-state index in [0.717, 1.165) is 45.2 Å². The van der Waals surface area contributed by atoms with Crippen LogP contribution >= 0.6 is 12.4 Å². The lowest BCUT2D eigenvalue weighted by Gasteiger charge is -2.17. The summed E-state index contributed by atoms with van der Waals surface area (Å²) in [4.78, 5) is 23.4. The number of rotatable bonds is 3. The lowest BCUT2D eigenvalue weighted by molar-refractivity contribution is -0.129. The SMILES string of the molecule is Cl.O=C(CC1CCCN1)NC1CCCCNC1=O. The molecule has 2 aliphatic heterocycles. The Balaban J connectivity index is 0.00000162. The topological polar surface area (TPSA) is 70.2 Å². The highest BCUT2D eigenvalue weighted by Crippen LogP contribution is 2.10. The monoisotopic (exact) mass is 275 g/mol. The van der Waals surface area contributed by atoms with Gasteiger partial charge in [0.05, 0.1) is 0 Å². The largest absolute Gasteiger partial charge is 0.354 e. The predicted octanol–water partition coefficient (Wildman–Crippen LogP) is 0.335. The van der Waals surface area contributed by atoms with Crippen LogP contribution in [0.2, 0.25) is 0 Å². The van der Waals surface area contributed by atoms with Gasteiger partial charge in [-0.05, 0) is 38.6 Å². The van der Waals surface area contributed by atoms with Crippen LogP contribution in [-0.4, -0.2) is 37.0 Å². The lowest BCUT2D eigenvalue weighted by Crippen LogP contribution is -2.46. The van der Waals surface area contributed by atoms with Crippen molar-refractivity contribution in [3.63, 3.8) is 0 Å². The number of nitrogens with one attached hydrogen (secondary N) is 3. The third-order valence-electron chi connectivity index (χ3n) is 3.46. The zero-order valence-electron chi connectivity index (χ0n) is 10.5. The fraction of sp³-hybridized carbons (Fsp3) is 0.833. The van der Waals surface area contributed by atoms with Gasteiger partial charge in [-0.25, -0.2) is 0 Å². The Labute approximate surface area is 114 Å². The van der Waals surface area contributed by atoms with Gasteiger partial charge in [0.1, 0.15) is 6.04 Å². The van der Waals surface area contributed by atoms with Crippen LogP contribution in [0, 0.1) is 0 Å². The summed E-state index contributed by atoms with van der Waals surface area (Å²) in [6.45, 7) is 1.73. The summed E-state index contributed by atoms with van der Waals surface area (Å²) in [6.07, 6.45) is 5.44. The van der Waals surface area contributed by atoms with Crippen molar-refractivity contribution in [2.45, 2.75) is 50.6 Å². The molecule has 0 saturated carbocycles. The van der Waals surface area contributed by atoms with Gasteiger partial charge in [-0.2, -0.15) is 0 Å². The number of hydrogen-bond donors (Lipinski definition) is 3. The molecule has 2 saturated heterocycles. The van der Waals surface area contributed by atoms with Crippen molar-refractivity contribution in [1.29, 1.82) is 0 Å². The summed E-state index contributed by atoms with van der Waals surface area (Å²) in [5, 5.41) is 8.96. The minimum Gasteiger partial charge on any atom is -0.354 e. The van der Waals surface area contributed by atoms with E-state index in [2.05, 4.69) is 16.0 Å². The van der Waals surface area contributed by atoms with Crippen LogP contribution in [0.25, 0.3) is 0 Å². The van der Waals surface area contributed by atoms with Gasteiger partial charge in [0.2, 0.25) is 11.8 Å². The Kier molecular flexibility index (Phi) is 6.43. The van der Waals surface area contributed by atoms with Crippen molar-refractivity contribution in [2.24, 2.45) is 0 Å². The Morgan fingerprint density at radius 3 is 2.78 bits per heavy atom. The molecule has 2 amide bonds. The second kappa shape index (κ2) is 7.59. The molecule has 0 spiro atoms. The molecule has 2 fully saturated rings. The summed E-state index contributed by atoms with van der Waals surface area (Å²) in [6, 6.07) is -0.0322. The fourth-order valence-corrected chi connectivity index (χ4v) is 2.49. The number of amides is 2. The van der Waals surface area contributed by atoms with E-state index in [0.29, 0.717) is 12.5 Å². The highest BCUT2D eigenvalue weighted by Gasteiger charge is 2.24. The van der Waals surface area contributed by atoms with Crippen molar-refractivity contribution >= 4 is 24.2 Å². The molecule has 0 aliphatic carbocycles. The van der Waals surface area contributed by atoms with Crippen LogP contribution in [0.15, 0.2) is 0 Å². The molecule has 6 heteroatoms. The predicted molar refractivity (Wildman–Crippen MR) is 71.7 cm³/mol. The van der Waals surface area contributed by atoms with Crippen LogP contribution in [-0.2, 0) is 9.59 Å². The minimum absolute atomic E-state index is 0. The van der Waals surface area contributed by atoms with Crippen LogP contribution < -0.4 is 16.0 Å². The molecule has 3 N–H and O–H groups in total. The van der Waals surface area contributed by atoms with Crippen molar-refractivity contribution in [2.75, 3.05) is 13.1 Å². The molecule has 0 bridgehead atoms. The first-order valence-corrected chi connectivity index (χ1v) is 6.56. The van der Waals surface area contributed by atoms with Crippen molar-refractivity contribution in [3.05, 3.63) is 0 Å². The molecular formula is C12H22ClN3O2. The summed E-state index contributed by atoms with van der Waals surface area (Å²) in [5.41, 5.74) is 0. The summed E-state index contributed by atoms with van der Waals surface area (Å²) >= 11 is 0. The smallest absolute Gasteiger partial charge is 0.242 e. The maximum absolute atomic E-state index is 11.8. The Bertz CT molecular complexity index is 293. The molecule has 2 atom stereocenters. The average Bonchev–Trinajstić information content (AvgIpc) is 2.71. The maximum Gasteiger partial charge on any atom is 0.242 e. The standard InChI is InChI=1S/C12H21N3O2.ClH/c16-11(8-9-4-3-7-13-9)15-10-5-1-2-6-14-12(10)17;/h9-10,13H,1-8H2,(H,14,17)(H,15,16);1H. The molecule has 2 unspecified atom stereocenters. The lowest BCUT2D eigenvalue weighted by atomic mass is 10.1. The van der Waals surface area contributed by atoms with Crippen LogP contribution in [0.4, 0.5) is 0 Å². The Hall–Kier alpha value is -0.810. The molecule has 2 rings (SSSR count). The van der Waals surface area contributed by atoms with E-state index in [-0.39, 0.29) is 30.3 Å². The molecule has 0 aromatic heterocycles. The van der Waals surface area contributed by atoms with Crippen molar-refractivity contribution in [1.82, 2.24) is 16.0 Å². The summed E-state index contributed by atoms with van der Waals surface area (Å²) < 4.78 is 0. The maximum atomic E-state index is 11.8. The molecule has 2 aliphatic rings. The van der Waals surface area contributed by atoms with Gasteiger partial charge in [0, 0.05) is 19.0 Å². The summed E-state index contributed by atoms with van der Waals surface area (Å²) in [7, 11) is 0. The molecule has 0 radical (unpaired) electrons. The van der Waals surface area contributed by atoms with E-state index >= 15 is 0 Å². The van der Waals surface area contributed by atoms with Gasteiger partial charge >= 0.3 is 0 Å². The quantitative estimate of drug-likeness (QED) is 0.695. The van der Waals surface area contributed by atoms with Crippen molar-refractivity contribution < 1.29 is 9.59 Å². The van der Waals surface area contributed by atoms with Gasteiger partial charge in [-0.15, -0.1) is 12.4 Å². The van der Waals surface area contributed by atoms with E-state index < -0.39 is 0 Å². The van der Waals surface area contributed by atoms with Gasteiger partial charge in [0.25, 0.3) is 0 Å². The van der Waals surface area contributed by atoms with E-state index in [1.807, 2.05) is 0 Å². The van der Waals surface area contributed by atoms with Crippen LogP contribution in [0.3, 0.4) is 0 Å². The Morgan fingerprint density at radius 2 is 2.06 bits per heavy atom. The highest BCUT2D eigenvalue weighted by molar-refractivity contribution is 5.87. The zero-order chi connectivity index (χ0) is 12.1. The first-order valence-electron chi connectivity index (χ1n) is 6.56. The molecule has 18 heavy (non-hydrogen) atoms.